The average Bonchev–Trinajstić information content (AvgIpc) is 2.43. The summed E-state index contributed by atoms with van der Waals surface area (Å²) in [5.41, 5.74) is 5.42. The predicted molar refractivity (Wildman–Crippen MR) is 49.4 cm³/mol. The molecule has 16 heavy (non-hydrogen) atoms. The van der Waals surface area contributed by atoms with Gasteiger partial charge in [-0.15, -0.1) is 0 Å². The molecule has 1 aliphatic heterocycles. The number of fused-ring (bicyclic) bond motifs is 1. The van der Waals surface area contributed by atoms with Crippen LogP contribution in [0, 0.1) is 0 Å². The number of H-pyrrole nitrogens is 1. The predicted octanol–water partition coefficient (Wildman–Crippen LogP) is 0.230. The smallest absolute Gasteiger partial charge is 0.369 e. The maximum Gasteiger partial charge on any atom is 0.401 e. The summed E-state index contributed by atoms with van der Waals surface area (Å²) in [7, 11) is 0. The molecule has 2 rings (SSSR count). The van der Waals surface area contributed by atoms with Gasteiger partial charge in [0.2, 0.25) is 5.95 Å². The molecule has 1 aromatic rings. The summed E-state index contributed by atoms with van der Waals surface area (Å²) in [5.74, 6) is -0.0717. The molecule has 0 saturated heterocycles. The van der Waals surface area contributed by atoms with Gasteiger partial charge in [-0.2, -0.15) is 13.2 Å². The minimum Gasteiger partial charge on any atom is -0.369 e. The number of aromatic nitrogens is 2. The first-order valence-corrected chi connectivity index (χ1v) is 4.52. The molecule has 8 heteroatoms. The Morgan fingerprint density at radius 3 is 2.75 bits per heavy atom. The molecule has 1 aromatic heterocycles. The first kappa shape index (κ1) is 10.9. The largest absolute Gasteiger partial charge is 0.401 e. The Kier molecular flexibility index (Phi) is 2.38. The van der Waals surface area contributed by atoms with Crippen LogP contribution in [0.4, 0.5) is 19.1 Å². The Morgan fingerprint density at radius 1 is 1.44 bits per heavy atom. The lowest BCUT2D eigenvalue weighted by atomic mass is 10.3. The molecule has 3 N–H and O–H groups in total. The highest BCUT2D eigenvalue weighted by atomic mass is 19.4. The van der Waals surface area contributed by atoms with Crippen LogP contribution < -0.4 is 11.3 Å². The maximum atomic E-state index is 12.1. The van der Waals surface area contributed by atoms with E-state index in [1.165, 1.54) is 0 Å². The van der Waals surface area contributed by atoms with Gasteiger partial charge in [0.15, 0.2) is 0 Å². The lowest BCUT2D eigenvalue weighted by Gasteiger charge is -2.15. The Balaban J connectivity index is 2.22. The van der Waals surface area contributed by atoms with Crippen molar-refractivity contribution < 1.29 is 13.2 Å². The monoisotopic (exact) mass is 234 g/mol. The van der Waals surface area contributed by atoms with E-state index < -0.39 is 18.3 Å². The Hall–Kier alpha value is -1.57. The van der Waals surface area contributed by atoms with Crippen molar-refractivity contribution in [2.45, 2.75) is 19.3 Å². The zero-order chi connectivity index (χ0) is 11.9. The topological polar surface area (TPSA) is 75.0 Å². The molecule has 0 atom stereocenters. The van der Waals surface area contributed by atoms with Crippen molar-refractivity contribution in [3.05, 3.63) is 21.6 Å². The van der Waals surface area contributed by atoms with E-state index in [0.29, 0.717) is 5.69 Å². The number of rotatable bonds is 1. The van der Waals surface area contributed by atoms with E-state index in [-0.39, 0.29) is 24.6 Å². The normalized spacial score (nSPS) is 16.4. The van der Waals surface area contributed by atoms with Crippen molar-refractivity contribution >= 4 is 5.95 Å². The molecule has 0 aliphatic carbocycles. The first-order chi connectivity index (χ1) is 7.35. The third-order valence-corrected chi connectivity index (χ3v) is 2.28. The van der Waals surface area contributed by atoms with E-state index in [4.69, 9.17) is 5.73 Å². The number of nitrogens with one attached hydrogen (secondary N) is 1. The molecular weight excluding hydrogens is 225 g/mol. The third kappa shape index (κ3) is 2.16. The summed E-state index contributed by atoms with van der Waals surface area (Å²) in [5, 5.41) is 0. The van der Waals surface area contributed by atoms with Crippen molar-refractivity contribution in [1.82, 2.24) is 14.9 Å². The Bertz CT molecular complexity index is 467. The van der Waals surface area contributed by atoms with Crippen molar-refractivity contribution in [1.29, 1.82) is 0 Å². The number of halogens is 3. The fourth-order valence-electron chi connectivity index (χ4n) is 1.71. The first-order valence-electron chi connectivity index (χ1n) is 4.52. The van der Waals surface area contributed by atoms with Crippen molar-refractivity contribution in [2.75, 3.05) is 12.3 Å². The highest BCUT2D eigenvalue weighted by molar-refractivity contribution is 5.28. The number of aromatic amines is 1. The van der Waals surface area contributed by atoms with Gasteiger partial charge < -0.3 is 5.73 Å². The quantitative estimate of drug-likeness (QED) is 0.729. The van der Waals surface area contributed by atoms with Crippen LogP contribution in [0.15, 0.2) is 4.79 Å². The zero-order valence-corrected chi connectivity index (χ0v) is 8.14. The van der Waals surface area contributed by atoms with Crippen LogP contribution in [-0.4, -0.2) is 27.6 Å². The summed E-state index contributed by atoms with van der Waals surface area (Å²) < 4.78 is 36.4. The van der Waals surface area contributed by atoms with E-state index >= 15 is 0 Å². The molecule has 2 heterocycles. The molecule has 0 fully saturated rings. The SMILES string of the molecule is Nc1nc2c(c(=O)[nH]1)CN(CC(F)(F)F)C2. The van der Waals surface area contributed by atoms with Gasteiger partial charge in [-0.05, 0) is 0 Å². The number of nitrogen functional groups attached to an aromatic ring is 1. The van der Waals surface area contributed by atoms with Gasteiger partial charge in [0.1, 0.15) is 0 Å². The molecule has 0 radical (unpaired) electrons. The standard InChI is InChI=1S/C8H9F3N4O/c9-8(10,11)3-15-1-4-5(2-15)13-7(12)14-6(4)16/h1-3H2,(H3,12,13,14,16). The van der Waals surface area contributed by atoms with E-state index in [1.807, 2.05) is 0 Å². The van der Waals surface area contributed by atoms with Gasteiger partial charge in [-0.1, -0.05) is 0 Å². The second-order valence-corrected chi connectivity index (χ2v) is 3.64. The van der Waals surface area contributed by atoms with Gasteiger partial charge >= 0.3 is 6.18 Å². The molecule has 5 nitrogen and oxygen atoms in total. The molecule has 0 spiro atoms. The molecule has 1 aliphatic rings. The minimum absolute atomic E-state index is 0.00294. The molecule has 0 unspecified atom stereocenters. The molecule has 0 aromatic carbocycles. The second-order valence-electron chi connectivity index (χ2n) is 3.64. The van der Waals surface area contributed by atoms with Crippen LogP contribution in [0.25, 0.3) is 0 Å². The third-order valence-electron chi connectivity index (χ3n) is 2.28. The van der Waals surface area contributed by atoms with Gasteiger partial charge in [0.05, 0.1) is 17.8 Å². The van der Waals surface area contributed by atoms with Crippen LogP contribution >= 0.6 is 0 Å². The second kappa shape index (κ2) is 3.48. The minimum atomic E-state index is -4.28. The molecule has 0 amide bonds. The number of nitrogens with zero attached hydrogens (tertiary/aromatic N) is 2. The maximum absolute atomic E-state index is 12.1. The number of hydrogen-bond acceptors (Lipinski definition) is 4. The number of nitrogens with two attached hydrogens (primary N) is 1. The van der Waals surface area contributed by atoms with E-state index in [9.17, 15) is 18.0 Å². The number of anilines is 1. The highest BCUT2D eigenvalue weighted by Crippen LogP contribution is 2.23. The van der Waals surface area contributed by atoms with Crippen LogP contribution in [0.2, 0.25) is 0 Å². The van der Waals surface area contributed by atoms with Gasteiger partial charge in [-0.3, -0.25) is 14.7 Å². The lowest BCUT2D eigenvalue weighted by molar-refractivity contribution is -0.147. The lowest BCUT2D eigenvalue weighted by Crippen LogP contribution is -2.30. The van der Waals surface area contributed by atoms with Crippen LogP contribution in [0.1, 0.15) is 11.3 Å². The summed E-state index contributed by atoms with van der Waals surface area (Å²) in [6, 6.07) is 0. The van der Waals surface area contributed by atoms with Crippen LogP contribution in [0.3, 0.4) is 0 Å². The van der Waals surface area contributed by atoms with Crippen molar-refractivity contribution in [3.63, 3.8) is 0 Å². The molecule has 0 saturated carbocycles. The van der Waals surface area contributed by atoms with Crippen LogP contribution in [-0.2, 0) is 13.1 Å². The van der Waals surface area contributed by atoms with E-state index in [2.05, 4.69) is 9.97 Å². The summed E-state index contributed by atoms with van der Waals surface area (Å²) in [6.45, 7) is -1.09. The summed E-state index contributed by atoms with van der Waals surface area (Å²) >= 11 is 0. The van der Waals surface area contributed by atoms with Gasteiger partial charge in [-0.25, -0.2) is 4.98 Å². The van der Waals surface area contributed by atoms with Crippen molar-refractivity contribution in [2.24, 2.45) is 0 Å². The van der Waals surface area contributed by atoms with Crippen molar-refractivity contribution in [3.8, 4) is 0 Å². The van der Waals surface area contributed by atoms with Gasteiger partial charge in [0, 0.05) is 13.1 Å². The number of alkyl halides is 3. The fourth-order valence-corrected chi connectivity index (χ4v) is 1.71. The Labute approximate surface area is 88.1 Å². The molecule has 88 valence electrons. The highest BCUT2D eigenvalue weighted by Gasteiger charge is 2.34. The summed E-state index contributed by atoms with van der Waals surface area (Å²) in [6.07, 6.45) is -4.28. The average molecular weight is 234 g/mol. The van der Waals surface area contributed by atoms with E-state index in [0.717, 1.165) is 4.90 Å². The Morgan fingerprint density at radius 2 is 2.12 bits per heavy atom. The molecular formula is C8H9F3N4O. The van der Waals surface area contributed by atoms with Crippen LogP contribution in [0.5, 0.6) is 0 Å². The van der Waals surface area contributed by atoms with Gasteiger partial charge in [0.25, 0.3) is 5.56 Å². The summed E-state index contributed by atoms with van der Waals surface area (Å²) in [4.78, 5) is 18.5. The fraction of sp³-hybridized carbons (Fsp3) is 0.500. The number of hydrogen-bond donors (Lipinski definition) is 2. The van der Waals surface area contributed by atoms with E-state index in [1.54, 1.807) is 0 Å². The zero-order valence-electron chi connectivity index (χ0n) is 8.14. The molecule has 0 bridgehead atoms.